The van der Waals surface area contributed by atoms with Crippen molar-refractivity contribution in [3.05, 3.63) is 47.5 Å². The number of alkyl halides is 1. The van der Waals surface area contributed by atoms with E-state index in [2.05, 4.69) is 0 Å². The van der Waals surface area contributed by atoms with E-state index in [4.69, 9.17) is 21.1 Å². The molecule has 120 valence electrons. The van der Waals surface area contributed by atoms with Crippen LogP contribution < -0.4 is 0 Å². The molecule has 1 atom stereocenters. The quantitative estimate of drug-likeness (QED) is 0.455. The van der Waals surface area contributed by atoms with Crippen molar-refractivity contribution in [1.82, 2.24) is 0 Å². The third kappa shape index (κ3) is 4.60. The second kappa shape index (κ2) is 7.99. The summed E-state index contributed by atoms with van der Waals surface area (Å²) in [6.07, 6.45) is 1.52. The number of ether oxygens (including phenoxy) is 2. The molecular formula is C17H21ClO4. The average Bonchev–Trinajstić information content (AvgIpc) is 2.52. The van der Waals surface area contributed by atoms with E-state index in [9.17, 15) is 9.59 Å². The Balaban J connectivity index is 3.24. The Bertz CT molecular complexity index is 549. The van der Waals surface area contributed by atoms with Gasteiger partial charge in [-0.1, -0.05) is 36.4 Å². The summed E-state index contributed by atoms with van der Waals surface area (Å²) in [6.45, 7) is 5.26. The molecule has 0 saturated heterocycles. The molecule has 0 fully saturated rings. The SMILES string of the molecule is CCOC(=O)/C(=C/C(C)(C)C(=O)OC)C(Cl)c1ccccc1. The molecule has 0 aliphatic heterocycles. The summed E-state index contributed by atoms with van der Waals surface area (Å²) in [6, 6.07) is 9.16. The van der Waals surface area contributed by atoms with E-state index in [1.54, 1.807) is 20.8 Å². The van der Waals surface area contributed by atoms with E-state index in [-0.39, 0.29) is 12.2 Å². The number of rotatable bonds is 6. The lowest BCUT2D eigenvalue weighted by Gasteiger charge is -2.21. The second-order valence-corrected chi connectivity index (χ2v) is 5.74. The lowest BCUT2D eigenvalue weighted by Crippen LogP contribution is -2.25. The predicted molar refractivity (Wildman–Crippen MR) is 85.5 cm³/mol. The number of carbonyl (C=O) groups excluding carboxylic acids is 2. The van der Waals surface area contributed by atoms with Crippen molar-refractivity contribution < 1.29 is 19.1 Å². The number of esters is 2. The molecular weight excluding hydrogens is 304 g/mol. The Kier molecular flexibility index (Phi) is 6.62. The lowest BCUT2D eigenvalue weighted by atomic mass is 9.89. The highest BCUT2D eigenvalue weighted by Crippen LogP contribution is 2.33. The van der Waals surface area contributed by atoms with Crippen molar-refractivity contribution in [3.8, 4) is 0 Å². The zero-order valence-electron chi connectivity index (χ0n) is 13.3. The summed E-state index contributed by atoms with van der Waals surface area (Å²) in [5.41, 5.74) is -0.00655. The number of carbonyl (C=O) groups is 2. The van der Waals surface area contributed by atoms with Crippen LogP contribution in [0.15, 0.2) is 42.0 Å². The normalized spacial score (nSPS) is 13.4. The largest absolute Gasteiger partial charge is 0.468 e. The van der Waals surface area contributed by atoms with Gasteiger partial charge in [-0.25, -0.2) is 4.79 Å². The van der Waals surface area contributed by atoms with Gasteiger partial charge in [0.15, 0.2) is 0 Å². The molecule has 5 heteroatoms. The summed E-state index contributed by atoms with van der Waals surface area (Å²) in [7, 11) is 1.30. The van der Waals surface area contributed by atoms with E-state index < -0.39 is 22.7 Å². The average molecular weight is 325 g/mol. The first-order chi connectivity index (χ1) is 10.3. The standard InChI is InChI=1S/C17H21ClO4/c1-5-22-15(19)13(11-17(2,3)16(20)21-4)14(18)12-9-7-6-8-10-12/h6-11,14H,5H2,1-4H3/b13-11+. The Morgan fingerprint density at radius 2 is 1.86 bits per heavy atom. The maximum atomic E-state index is 12.2. The first-order valence-corrected chi connectivity index (χ1v) is 7.44. The van der Waals surface area contributed by atoms with E-state index in [0.29, 0.717) is 0 Å². The zero-order valence-corrected chi connectivity index (χ0v) is 14.0. The molecule has 0 aliphatic rings. The molecule has 0 aliphatic carbocycles. The van der Waals surface area contributed by atoms with Gasteiger partial charge in [0, 0.05) is 0 Å². The zero-order chi connectivity index (χ0) is 16.8. The Morgan fingerprint density at radius 1 is 1.27 bits per heavy atom. The third-order valence-corrected chi connectivity index (χ3v) is 3.59. The van der Waals surface area contributed by atoms with Crippen molar-refractivity contribution in [2.75, 3.05) is 13.7 Å². The van der Waals surface area contributed by atoms with Crippen LogP contribution in [0.3, 0.4) is 0 Å². The monoisotopic (exact) mass is 324 g/mol. The fraction of sp³-hybridized carbons (Fsp3) is 0.412. The van der Waals surface area contributed by atoms with Gasteiger partial charge in [-0.3, -0.25) is 4.79 Å². The summed E-state index contributed by atoms with van der Waals surface area (Å²) in [5.74, 6) is -0.991. The fourth-order valence-electron chi connectivity index (χ4n) is 1.96. The Morgan fingerprint density at radius 3 is 2.36 bits per heavy atom. The van der Waals surface area contributed by atoms with Gasteiger partial charge in [0.1, 0.15) is 0 Å². The smallest absolute Gasteiger partial charge is 0.335 e. The number of methoxy groups -OCH3 is 1. The van der Waals surface area contributed by atoms with Gasteiger partial charge in [0.25, 0.3) is 0 Å². The van der Waals surface area contributed by atoms with Crippen molar-refractivity contribution in [3.63, 3.8) is 0 Å². The van der Waals surface area contributed by atoms with Gasteiger partial charge in [-0.05, 0) is 26.3 Å². The minimum Gasteiger partial charge on any atom is -0.468 e. The topological polar surface area (TPSA) is 52.6 Å². The van der Waals surface area contributed by atoms with Crippen molar-refractivity contribution in [2.45, 2.75) is 26.1 Å². The highest BCUT2D eigenvalue weighted by Gasteiger charge is 2.31. The van der Waals surface area contributed by atoms with Crippen LogP contribution in [0.25, 0.3) is 0 Å². The Labute approximate surface area is 136 Å². The van der Waals surface area contributed by atoms with E-state index in [0.717, 1.165) is 5.56 Å². The molecule has 1 aromatic rings. The molecule has 0 aromatic heterocycles. The van der Waals surface area contributed by atoms with Crippen LogP contribution in [-0.4, -0.2) is 25.7 Å². The highest BCUT2D eigenvalue weighted by molar-refractivity contribution is 6.25. The molecule has 1 aromatic carbocycles. The molecule has 0 radical (unpaired) electrons. The van der Waals surface area contributed by atoms with E-state index in [1.807, 2.05) is 30.3 Å². The molecule has 0 saturated carbocycles. The third-order valence-electron chi connectivity index (χ3n) is 3.10. The van der Waals surface area contributed by atoms with Gasteiger partial charge in [0.2, 0.25) is 0 Å². The van der Waals surface area contributed by atoms with Crippen LogP contribution >= 0.6 is 11.6 Å². The van der Waals surface area contributed by atoms with E-state index >= 15 is 0 Å². The fourth-order valence-corrected chi connectivity index (χ4v) is 2.26. The van der Waals surface area contributed by atoms with Crippen LogP contribution in [0, 0.1) is 5.41 Å². The van der Waals surface area contributed by atoms with Gasteiger partial charge in [-0.15, -0.1) is 11.6 Å². The van der Waals surface area contributed by atoms with Crippen LogP contribution in [0.5, 0.6) is 0 Å². The number of halogens is 1. The van der Waals surface area contributed by atoms with E-state index in [1.165, 1.54) is 13.2 Å². The molecule has 0 amide bonds. The number of benzene rings is 1. The minimum atomic E-state index is -0.987. The van der Waals surface area contributed by atoms with Gasteiger partial charge in [-0.2, -0.15) is 0 Å². The number of hydrogen-bond donors (Lipinski definition) is 0. The minimum absolute atomic E-state index is 0.227. The van der Waals surface area contributed by atoms with Crippen LogP contribution in [0.2, 0.25) is 0 Å². The molecule has 0 N–H and O–H groups in total. The summed E-state index contributed by atoms with van der Waals surface area (Å²) in [5, 5.41) is -0.704. The van der Waals surface area contributed by atoms with Crippen LogP contribution in [-0.2, 0) is 19.1 Å². The molecule has 0 heterocycles. The second-order valence-electron chi connectivity index (χ2n) is 5.31. The summed E-state index contributed by atoms with van der Waals surface area (Å²) < 4.78 is 9.82. The van der Waals surface area contributed by atoms with Gasteiger partial charge in [0.05, 0.1) is 30.1 Å². The first kappa shape index (κ1) is 18.2. The molecule has 4 nitrogen and oxygen atoms in total. The predicted octanol–water partition coefficient (Wildman–Crippen LogP) is 3.66. The maximum absolute atomic E-state index is 12.2. The maximum Gasteiger partial charge on any atom is 0.335 e. The Hall–Kier alpha value is -1.81. The number of hydrogen-bond acceptors (Lipinski definition) is 4. The molecule has 22 heavy (non-hydrogen) atoms. The van der Waals surface area contributed by atoms with Crippen LogP contribution in [0.4, 0.5) is 0 Å². The van der Waals surface area contributed by atoms with Crippen molar-refractivity contribution in [1.29, 1.82) is 0 Å². The molecule has 1 unspecified atom stereocenters. The highest BCUT2D eigenvalue weighted by atomic mass is 35.5. The van der Waals surface area contributed by atoms with Crippen molar-refractivity contribution in [2.24, 2.45) is 5.41 Å². The lowest BCUT2D eigenvalue weighted by molar-refractivity contribution is -0.148. The summed E-state index contributed by atoms with van der Waals surface area (Å²) >= 11 is 6.44. The molecule has 0 spiro atoms. The van der Waals surface area contributed by atoms with Crippen LogP contribution in [0.1, 0.15) is 31.7 Å². The molecule has 0 bridgehead atoms. The summed E-state index contributed by atoms with van der Waals surface area (Å²) in [4.78, 5) is 24.1. The van der Waals surface area contributed by atoms with Gasteiger partial charge < -0.3 is 9.47 Å². The molecule has 1 rings (SSSR count). The van der Waals surface area contributed by atoms with Crippen molar-refractivity contribution >= 4 is 23.5 Å². The van der Waals surface area contributed by atoms with Gasteiger partial charge >= 0.3 is 11.9 Å². The first-order valence-electron chi connectivity index (χ1n) is 7.00.